The highest BCUT2D eigenvalue weighted by Crippen LogP contribution is 2.29. The summed E-state index contributed by atoms with van der Waals surface area (Å²) in [7, 11) is 3.75. The van der Waals surface area contributed by atoms with Crippen LogP contribution < -0.4 is 11.1 Å². The topological polar surface area (TPSA) is 47.3 Å². The largest absolute Gasteiger partial charge is 0.379 e. The quantitative estimate of drug-likeness (QED) is 0.651. The molecule has 2 unspecified atom stereocenters. The lowest BCUT2D eigenvalue weighted by atomic mass is 9.79. The summed E-state index contributed by atoms with van der Waals surface area (Å²) in [5.74, 6) is 0. The van der Waals surface area contributed by atoms with Crippen LogP contribution in [-0.2, 0) is 4.74 Å². The molecule has 0 aromatic heterocycles. The van der Waals surface area contributed by atoms with E-state index in [0.717, 1.165) is 12.8 Å². The number of hydrogen-bond donors (Lipinski definition) is 2. The molecule has 0 saturated heterocycles. The van der Waals surface area contributed by atoms with E-state index in [9.17, 15) is 0 Å². The van der Waals surface area contributed by atoms with Crippen LogP contribution in [0.25, 0.3) is 0 Å². The minimum absolute atomic E-state index is 0.0347. The summed E-state index contributed by atoms with van der Waals surface area (Å²) in [4.78, 5) is 0. The van der Waals surface area contributed by atoms with Gasteiger partial charge >= 0.3 is 0 Å². The highest BCUT2D eigenvalue weighted by atomic mass is 16.5. The molecule has 3 nitrogen and oxygen atoms in total. The fourth-order valence-electron chi connectivity index (χ4n) is 2.17. The van der Waals surface area contributed by atoms with Gasteiger partial charge in [0.1, 0.15) is 0 Å². The van der Waals surface area contributed by atoms with Gasteiger partial charge in [-0.3, -0.25) is 0 Å². The maximum absolute atomic E-state index is 5.77. The van der Waals surface area contributed by atoms with Gasteiger partial charge in [0.25, 0.3) is 0 Å². The number of rotatable bonds is 3. The van der Waals surface area contributed by atoms with E-state index in [-0.39, 0.29) is 5.54 Å². The Labute approximate surface area is 74.7 Å². The maximum Gasteiger partial charge on any atom is 0.0765 e. The van der Waals surface area contributed by atoms with Gasteiger partial charge in [0.15, 0.2) is 0 Å². The van der Waals surface area contributed by atoms with Crippen molar-refractivity contribution in [3.8, 4) is 0 Å². The first kappa shape index (κ1) is 9.96. The minimum Gasteiger partial charge on any atom is -0.379 e. The highest BCUT2D eigenvalue weighted by molar-refractivity contribution is 4.98. The molecular formula is C9H20N2O. The predicted molar refractivity (Wildman–Crippen MR) is 50.1 cm³/mol. The first-order valence-corrected chi connectivity index (χ1v) is 4.71. The Morgan fingerprint density at radius 1 is 1.58 bits per heavy atom. The van der Waals surface area contributed by atoms with Crippen molar-refractivity contribution in [2.75, 3.05) is 20.7 Å². The standard InChI is InChI=1S/C9H20N2O/c1-11-9(7-10)6-4-3-5-8(9)12-2/h8,11H,3-7,10H2,1-2H3. The van der Waals surface area contributed by atoms with E-state index in [1.807, 2.05) is 7.05 Å². The molecule has 0 bridgehead atoms. The Morgan fingerprint density at radius 2 is 2.33 bits per heavy atom. The minimum atomic E-state index is 0.0347. The summed E-state index contributed by atoms with van der Waals surface area (Å²) in [5.41, 5.74) is 5.81. The van der Waals surface area contributed by atoms with E-state index < -0.39 is 0 Å². The molecule has 2 atom stereocenters. The molecule has 0 spiro atoms. The summed E-state index contributed by atoms with van der Waals surface area (Å²) in [6.07, 6.45) is 5.09. The molecule has 12 heavy (non-hydrogen) atoms. The Hall–Kier alpha value is -0.120. The van der Waals surface area contributed by atoms with E-state index in [0.29, 0.717) is 12.6 Å². The van der Waals surface area contributed by atoms with Gasteiger partial charge in [0, 0.05) is 13.7 Å². The molecule has 0 aromatic rings. The maximum atomic E-state index is 5.77. The van der Waals surface area contributed by atoms with Gasteiger partial charge in [-0.1, -0.05) is 12.8 Å². The third-order valence-electron chi connectivity index (χ3n) is 3.10. The Morgan fingerprint density at radius 3 is 2.75 bits per heavy atom. The fourth-order valence-corrected chi connectivity index (χ4v) is 2.17. The van der Waals surface area contributed by atoms with Gasteiger partial charge in [-0.2, -0.15) is 0 Å². The van der Waals surface area contributed by atoms with E-state index in [1.54, 1.807) is 7.11 Å². The fraction of sp³-hybridized carbons (Fsp3) is 1.00. The van der Waals surface area contributed by atoms with Crippen LogP contribution in [0.4, 0.5) is 0 Å². The zero-order valence-electron chi connectivity index (χ0n) is 8.10. The van der Waals surface area contributed by atoms with Crippen LogP contribution >= 0.6 is 0 Å². The number of nitrogens with two attached hydrogens (primary N) is 1. The number of hydrogen-bond acceptors (Lipinski definition) is 3. The monoisotopic (exact) mass is 172 g/mol. The van der Waals surface area contributed by atoms with Crippen molar-refractivity contribution in [2.24, 2.45) is 5.73 Å². The van der Waals surface area contributed by atoms with Crippen LogP contribution in [0, 0.1) is 0 Å². The second kappa shape index (κ2) is 4.21. The normalized spacial score (nSPS) is 36.8. The van der Waals surface area contributed by atoms with Crippen LogP contribution in [-0.4, -0.2) is 32.3 Å². The van der Waals surface area contributed by atoms with Crippen LogP contribution in [0.1, 0.15) is 25.7 Å². The van der Waals surface area contributed by atoms with Crippen LogP contribution in [0.5, 0.6) is 0 Å². The molecular weight excluding hydrogens is 152 g/mol. The van der Waals surface area contributed by atoms with Gasteiger partial charge in [-0.05, 0) is 19.9 Å². The lowest BCUT2D eigenvalue weighted by molar-refractivity contribution is -0.00492. The molecule has 1 aliphatic rings. The molecule has 1 rings (SSSR count). The Balaban J connectivity index is 2.66. The van der Waals surface area contributed by atoms with Crippen molar-refractivity contribution >= 4 is 0 Å². The summed E-state index contributed by atoms with van der Waals surface area (Å²) >= 11 is 0. The zero-order valence-corrected chi connectivity index (χ0v) is 8.10. The summed E-state index contributed by atoms with van der Waals surface area (Å²) in [6, 6.07) is 0. The molecule has 0 radical (unpaired) electrons. The van der Waals surface area contributed by atoms with Crippen molar-refractivity contribution in [2.45, 2.75) is 37.3 Å². The van der Waals surface area contributed by atoms with Crippen molar-refractivity contribution in [3.05, 3.63) is 0 Å². The molecule has 0 heterocycles. The second-order valence-corrected chi connectivity index (χ2v) is 3.58. The molecule has 3 N–H and O–H groups in total. The average Bonchev–Trinajstić information content (AvgIpc) is 2.17. The van der Waals surface area contributed by atoms with Crippen molar-refractivity contribution in [1.29, 1.82) is 0 Å². The smallest absolute Gasteiger partial charge is 0.0765 e. The number of likely N-dealkylation sites (N-methyl/N-ethyl adjacent to an activating group) is 1. The van der Waals surface area contributed by atoms with Crippen LogP contribution in [0.15, 0.2) is 0 Å². The first-order valence-electron chi connectivity index (χ1n) is 4.71. The van der Waals surface area contributed by atoms with Gasteiger partial charge in [-0.15, -0.1) is 0 Å². The molecule has 72 valence electrons. The number of ether oxygens (including phenoxy) is 1. The van der Waals surface area contributed by atoms with E-state index in [2.05, 4.69) is 5.32 Å². The van der Waals surface area contributed by atoms with E-state index >= 15 is 0 Å². The Kier molecular flexibility index (Phi) is 3.50. The molecule has 0 aliphatic heterocycles. The lowest BCUT2D eigenvalue weighted by Crippen LogP contribution is -2.60. The Bertz CT molecular complexity index is 134. The number of nitrogens with one attached hydrogen (secondary N) is 1. The zero-order chi connectivity index (χ0) is 9.03. The van der Waals surface area contributed by atoms with Crippen molar-refractivity contribution < 1.29 is 4.74 Å². The van der Waals surface area contributed by atoms with Gasteiger partial charge in [0.05, 0.1) is 11.6 Å². The molecule has 0 amide bonds. The van der Waals surface area contributed by atoms with Gasteiger partial charge in [-0.25, -0.2) is 0 Å². The van der Waals surface area contributed by atoms with Gasteiger partial charge in [0.2, 0.25) is 0 Å². The highest BCUT2D eigenvalue weighted by Gasteiger charge is 2.38. The third-order valence-corrected chi connectivity index (χ3v) is 3.10. The SMILES string of the molecule is CNC1(CN)CCCCC1OC. The first-order chi connectivity index (χ1) is 5.79. The summed E-state index contributed by atoms with van der Waals surface area (Å²) in [5, 5.41) is 3.32. The average molecular weight is 172 g/mol. The van der Waals surface area contributed by atoms with E-state index in [1.165, 1.54) is 12.8 Å². The van der Waals surface area contributed by atoms with Gasteiger partial charge < -0.3 is 15.8 Å². The summed E-state index contributed by atoms with van der Waals surface area (Å²) < 4.78 is 5.45. The lowest BCUT2D eigenvalue weighted by Gasteiger charge is -2.42. The van der Waals surface area contributed by atoms with Crippen LogP contribution in [0.3, 0.4) is 0 Å². The summed E-state index contributed by atoms with van der Waals surface area (Å²) in [6.45, 7) is 0.669. The van der Waals surface area contributed by atoms with Crippen molar-refractivity contribution in [3.63, 3.8) is 0 Å². The van der Waals surface area contributed by atoms with E-state index in [4.69, 9.17) is 10.5 Å². The third kappa shape index (κ3) is 1.63. The van der Waals surface area contributed by atoms with Crippen molar-refractivity contribution in [1.82, 2.24) is 5.32 Å². The number of methoxy groups -OCH3 is 1. The molecule has 1 fully saturated rings. The predicted octanol–water partition coefficient (Wildman–Crippen LogP) is 0.492. The molecule has 3 heteroatoms. The molecule has 1 aliphatic carbocycles. The molecule has 1 saturated carbocycles. The van der Waals surface area contributed by atoms with Crippen LogP contribution in [0.2, 0.25) is 0 Å². The second-order valence-electron chi connectivity index (χ2n) is 3.58. The molecule has 0 aromatic carbocycles.